The Morgan fingerprint density at radius 2 is 1.71 bits per heavy atom. The minimum Gasteiger partial charge on any atom is -0.368 e. The van der Waals surface area contributed by atoms with Gasteiger partial charge in [0, 0.05) is 41.8 Å². The number of piperazine rings is 1. The number of fused-ring (bicyclic) bond motifs is 1. The molecular weight excluding hydrogens is 358 g/mol. The standard InChI is InChI=1S/C18H18ClN3S2/c1-23-15-3-2-4-16-17(15)20-18(24-16)22-11-9-21(10-12-22)14-7-5-13(19)6-8-14/h2-8H,9-12H2,1H3. The van der Waals surface area contributed by atoms with Crippen molar-refractivity contribution in [2.24, 2.45) is 0 Å². The number of benzene rings is 2. The highest BCUT2D eigenvalue weighted by atomic mass is 35.5. The summed E-state index contributed by atoms with van der Waals surface area (Å²) in [7, 11) is 0. The molecule has 0 unspecified atom stereocenters. The molecule has 0 radical (unpaired) electrons. The maximum absolute atomic E-state index is 5.98. The van der Waals surface area contributed by atoms with Crippen LogP contribution in [0, 0.1) is 0 Å². The highest BCUT2D eigenvalue weighted by Gasteiger charge is 2.20. The van der Waals surface area contributed by atoms with Crippen LogP contribution in [0.1, 0.15) is 0 Å². The third kappa shape index (κ3) is 3.08. The number of hydrogen-bond acceptors (Lipinski definition) is 5. The largest absolute Gasteiger partial charge is 0.368 e. The van der Waals surface area contributed by atoms with Gasteiger partial charge in [0.15, 0.2) is 5.13 Å². The van der Waals surface area contributed by atoms with Crippen molar-refractivity contribution in [3.8, 4) is 0 Å². The fourth-order valence-corrected chi connectivity index (χ4v) is 4.82. The molecule has 1 fully saturated rings. The van der Waals surface area contributed by atoms with E-state index in [2.05, 4.69) is 46.4 Å². The minimum atomic E-state index is 0.788. The summed E-state index contributed by atoms with van der Waals surface area (Å²) >= 11 is 9.54. The topological polar surface area (TPSA) is 19.4 Å². The molecule has 6 heteroatoms. The highest BCUT2D eigenvalue weighted by Crippen LogP contribution is 2.34. The highest BCUT2D eigenvalue weighted by molar-refractivity contribution is 7.98. The maximum atomic E-state index is 5.98. The van der Waals surface area contributed by atoms with Crippen molar-refractivity contribution >= 4 is 55.7 Å². The summed E-state index contributed by atoms with van der Waals surface area (Å²) in [5, 5.41) is 1.93. The minimum absolute atomic E-state index is 0.788. The van der Waals surface area contributed by atoms with Gasteiger partial charge in [0.2, 0.25) is 0 Å². The molecule has 3 nitrogen and oxygen atoms in total. The Hall–Kier alpha value is -1.43. The van der Waals surface area contributed by atoms with E-state index in [-0.39, 0.29) is 0 Å². The number of nitrogens with zero attached hydrogens (tertiary/aromatic N) is 3. The first-order chi connectivity index (χ1) is 11.7. The smallest absolute Gasteiger partial charge is 0.186 e. The van der Waals surface area contributed by atoms with Gasteiger partial charge in [0.1, 0.15) is 0 Å². The second-order valence-electron chi connectivity index (χ2n) is 5.75. The number of halogens is 1. The molecule has 1 aliphatic heterocycles. The Labute approximate surface area is 155 Å². The van der Waals surface area contributed by atoms with Crippen LogP contribution >= 0.6 is 34.7 Å². The van der Waals surface area contributed by atoms with Crippen LogP contribution < -0.4 is 9.80 Å². The van der Waals surface area contributed by atoms with Gasteiger partial charge >= 0.3 is 0 Å². The summed E-state index contributed by atoms with van der Waals surface area (Å²) in [6.45, 7) is 4.01. The van der Waals surface area contributed by atoms with Crippen molar-refractivity contribution in [2.45, 2.75) is 4.90 Å². The van der Waals surface area contributed by atoms with E-state index in [4.69, 9.17) is 16.6 Å². The summed E-state index contributed by atoms with van der Waals surface area (Å²) < 4.78 is 1.27. The number of thioether (sulfide) groups is 1. The number of rotatable bonds is 3. The molecule has 1 saturated heterocycles. The zero-order chi connectivity index (χ0) is 16.5. The summed E-state index contributed by atoms with van der Waals surface area (Å²) in [6, 6.07) is 14.5. The van der Waals surface area contributed by atoms with Crippen molar-refractivity contribution in [2.75, 3.05) is 42.2 Å². The van der Waals surface area contributed by atoms with E-state index in [1.165, 1.54) is 15.3 Å². The van der Waals surface area contributed by atoms with Gasteiger partial charge in [-0.15, -0.1) is 11.8 Å². The fourth-order valence-electron chi connectivity index (χ4n) is 3.02. The van der Waals surface area contributed by atoms with E-state index in [0.717, 1.165) is 41.8 Å². The third-order valence-electron chi connectivity index (χ3n) is 4.33. The Morgan fingerprint density at radius 3 is 2.42 bits per heavy atom. The number of anilines is 2. The molecule has 0 aliphatic carbocycles. The Morgan fingerprint density at radius 1 is 1.00 bits per heavy atom. The Bertz CT molecular complexity index is 839. The zero-order valence-electron chi connectivity index (χ0n) is 13.4. The van der Waals surface area contributed by atoms with E-state index in [0.29, 0.717) is 0 Å². The molecule has 1 aliphatic rings. The van der Waals surface area contributed by atoms with E-state index >= 15 is 0 Å². The average Bonchev–Trinajstić information content (AvgIpc) is 3.07. The van der Waals surface area contributed by atoms with Crippen LogP contribution in [0.4, 0.5) is 10.8 Å². The lowest BCUT2D eigenvalue weighted by Crippen LogP contribution is -2.46. The van der Waals surface area contributed by atoms with Crippen molar-refractivity contribution in [3.63, 3.8) is 0 Å². The average molecular weight is 376 g/mol. The first-order valence-corrected chi connectivity index (χ1v) is 10.4. The molecule has 0 N–H and O–H groups in total. The Balaban J connectivity index is 1.50. The van der Waals surface area contributed by atoms with Gasteiger partial charge in [-0.05, 0) is 42.7 Å². The second kappa shape index (κ2) is 6.82. The van der Waals surface area contributed by atoms with Crippen LogP contribution in [0.25, 0.3) is 10.2 Å². The van der Waals surface area contributed by atoms with Crippen LogP contribution in [-0.2, 0) is 0 Å². The molecule has 2 aromatic carbocycles. The van der Waals surface area contributed by atoms with Gasteiger partial charge in [-0.3, -0.25) is 0 Å². The van der Waals surface area contributed by atoms with Crippen LogP contribution in [0.5, 0.6) is 0 Å². The molecule has 2 heterocycles. The summed E-state index contributed by atoms with van der Waals surface area (Å²) in [5.74, 6) is 0. The van der Waals surface area contributed by atoms with Gasteiger partial charge in [-0.2, -0.15) is 0 Å². The van der Waals surface area contributed by atoms with Gasteiger partial charge < -0.3 is 9.80 Å². The predicted octanol–water partition coefficient (Wildman–Crippen LogP) is 5.00. The lowest BCUT2D eigenvalue weighted by atomic mass is 10.2. The van der Waals surface area contributed by atoms with Gasteiger partial charge in [0.25, 0.3) is 0 Å². The first-order valence-electron chi connectivity index (χ1n) is 7.93. The van der Waals surface area contributed by atoms with E-state index in [1.54, 1.807) is 23.1 Å². The molecule has 0 saturated carbocycles. The number of aromatic nitrogens is 1. The van der Waals surface area contributed by atoms with Crippen LogP contribution in [0.15, 0.2) is 47.4 Å². The quantitative estimate of drug-likeness (QED) is 0.600. The Kier molecular flexibility index (Phi) is 4.57. The number of thiazole rings is 1. The third-order valence-corrected chi connectivity index (χ3v) is 6.44. The molecule has 124 valence electrons. The number of para-hydroxylation sites is 1. The van der Waals surface area contributed by atoms with Crippen molar-refractivity contribution < 1.29 is 0 Å². The van der Waals surface area contributed by atoms with Crippen molar-refractivity contribution in [1.29, 1.82) is 0 Å². The molecule has 0 amide bonds. The fraction of sp³-hybridized carbons (Fsp3) is 0.278. The summed E-state index contributed by atoms with van der Waals surface area (Å²) in [4.78, 5) is 11.0. The SMILES string of the molecule is CSc1cccc2sc(N3CCN(c4ccc(Cl)cc4)CC3)nc12. The predicted molar refractivity (Wildman–Crippen MR) is 107 cm³/mol. The van der Waals surface area contributed by atoms with Gasteiger partial charge in [-0.25, -0.2) is 4.98 Å². The van der Waals surface area contributed by atoms with Gasteiger partial charge in [-0.1, -0.05) is 29.0 Å². The lowest BCUT2D eigenvalue weighted by molar-refractivity contribution is 0.652. The molecule has 3 aromatic rings. The lowest BCUT2D eigenvalue weighted by Gasteiger charge is -2.36. The zero-order valence-corrected chi connectivity index (χ0v) is 15.8. The maximum Gasteiger partial charge on any atom is 0.186 e. The number of hydrogen-bond donors (Lipinski definition) is 0. The van der Waals surface area contributed by atoms with Crippen LogP contribution in [-0.4, -0.2) is 37.4 Å². The molecule has 0 bridgehead atoms. The first kappa shape index (κ1) is 16.1. The monoisotopic (exact) mass is 375 g/mol. The van der Waals surface area contributed by atoms with E-state index < -0.39 is 0 Å². The molecule has 0 atom stereocenters. The van der Waals surface area contributed by atoms with Crippen LogP contribution in [0.3, 0.4) is 0 Å². The summed E-state index contributed by atoms with van der Waals surface area (Å²) in [6.07, 6.45) is 2.11. The van der Waals surface area contributed by atoms with E-state index in [1.807, 2.05) is 12.1 Å². The molecule has 0 spiro atoms. The van der Waals surface area contributed by atoms with Crippen molar-refractivity contribution in [1.82, 2.24) is 4.98 Å². The van der Waals surface area contributed by atoms with Gasteiger partial charge in [0.05, 0.1) is 10.2 Å². The molecule has 24 heavy (non-hydrogen) atoms. The van der Waals surface area contributed by atoms with E-state index in [9.17, 15) is 0 Å². The molecule has 1 aromatic heterocycles. The normalized spacial score (nSPS) is 15.2. The molecule has 4 rings (SSSR count). The van der Waals surface area contributed by atoms with Crippen molar-refractivity contribution in [3.05, 3.63) is 47.5 Å². The van der Waals surface area contributed by atoms with Crippen LogP contribution in [0.2, 0.25) is 5.02 Å². The second-order valence-corrected chi connectivity index (χ2v) is 8.05. The summed E-state index contributed by atoms with van der Waals surface area (Å²) in [5.41, 5.74) is 2.39. The molecular formula is C18H18ClN3S2.